The number of benzene rings is 1. The molecule has 6 atom stereocenters. The van der Waals surface area contributed by atoms with Gasteiger partial charge in [-0.2, -0.15) is 0 Å². The number of nitrogens with one attached hydrogen (secondary N) is 1. The molecule has 5 fully saturated rings. The lowest BCUT2D eigenvalue weighted by atomic mass is 9.43. The van der Waals surface area contributed by atoms with Crippen molar-refractivity contribution in [1.29, 1.82) is 0 Å². The molecule has 0 radical (unpaired) electrons. The van der Waals surface area contributed by atoms with Crippen LogP contribution >= 0.6 is 0 Å². The normalized spacial score (nSPS) is 34.2. The predicted octanol–water partition coefficient (Wildman–Crippen LogP) is 3.59. The second-order valence-corrected chi connectivity index (χ2v) is 11.3. The first-order valence-corrected chi connectivity index (χ1v) is 12.4. The molecule has 1 unspecified atom stereocenters. The van der Waals surface area contributed by atoms with Crippen LogP contribution in [0.25, 0.3) is 0 Å². The van der Waals surface area contributed by atoms with Gasteiger partial charge in [-0.25, -0.2) is 9.59 Å². The van der Waals surface area contributed by atoms with Gasteiger partial charge in [-0.05, 0) is 55.4 Å². The lowest BCUT2D eigenvalue weighted by molar-refractivity contribution is -0.199. The Morgan fingerprint density at radius 3 is 2.71 bits per heavy atom. The summed E-state index contributed by atoms with van der Waals surface area (Å²) >= 11 is 0. The van der Waals surface area contributed by atoms with Gasteiger partial charge in [0.1, 0.15) is 0 Å². The molecule has 2 heterocycles. The van der Waals surface area contributed by atoms with Crippen molar-refractivity contribution in [3.05, 3.63) is 35.9 Å². The van der Waals surface area contributed by atoms with Gasteiger partial charge in [0.25, 0.3) is 0 Å². The molecular formula is C25H35BN2O6. The molecule has 2 amide bonds. The second-order valence-electron chi connectivity index (χ2n) is 11.3. The van der Waals surface area contributed by atoms with E-state index >= 15 is 0 Å². The van der Waals surface area contributed by atoms with Gasteiger partial charge >= 0.3 is 19.3 Å². The summed E-state index contributed by atoms with van der Waals surface area (Å²) in [6, 6.07) is 9.99. The van der Waals surface area contributed by atoms with Gasteiger partial charge < -0.3 is 29.4 Å². The van der Waals surface area contributed by atoms with Gasteiger partial charge in [0.15, 0.2) is 0 Å². The van der Waals surface area contributed by atoms with Crippen LogP contribution in [-0.4, -0.2) is 66.7 Å². The molecule has 34 heavy (non-hydrogen) atoms. The summed E-state index contributed by atoms with van der Waals surface area (Å²) < 4.78 is 18.6. The quantitative estimate of drug-likeness (QED) is 0.617. The van der Waals surface area contributed by atoms with Crippen molar-refractivity contribution in [1.82, 2.24) is 10.2 Å². The van der Waals surface area contributed by atoms with Gasteiger partial charge in [0.2, 0.25) is 0 Å². The van der Waals surface area contributed by atoms with Crippen molar-refractivity contribution < 1.29 is 28.7 Å². The summed E-state index contributed by atoms with van der Waals surface area (Å²) in [4.78, 5) is 25.3. The minimum atomic E-state index is -0.929. The largest absolute Gasteiger partial charge is 0.482 e. The number of carboxylic acid groups (broad SMARTS) is 1. The van der Waals surface area contributed by atoms with E-state index in [1.807, 2.05) is 30.3 Å². The smallest absolute Gasteiger partial charge is 0.465 e. The van der Waals surface area contributed by atoms with Crippen LogP contribution in [0.5, 0.6) is 0 Å². The number of carbonyl (C=O) groups is 2. The zero-order valence-corrected chi connectivity index (χ0v) is 20.2. The van der Waals surface area contributed by atoms with Crippen molar-refractivity contribution in [2.75, 3.05) is 19.7 Å². The molecular weight excluding hydrogens is 435 g/mol. The van der Waals surface area contributed by atoms with E-state index in [1.54, 1.807) is 0 Å². The average Bonchev–Trinajstić information content (AvgIpc) is 3.42. The Labute approximate surface area is 201 Å². The Bertz CT molecular complexity index is 929. The molecule has 2 aliphatic heterocycles. The third-order valence-electron chi connectivity index (χ3n) is 8.91. The van der Waals surface area contributed by atoms with Crippen LogP contribution in [0.15, 0.2) is 30.3 Å². The zero-order chi connectivity index (χ0) is 24.1. The second kappa shape index (κ2) is 8.75. The Kier molecular flexibility index (Phi) is 6.05. The van der Waals surface area contributed by atoms with E-state index in [0.717, 1.165) is 12.0 Å². The number of likely N-dealkylation sites (tertiary alicyclic amines) is 1. The van der Waals surface area contributed by atoms with Crippen LogP contribution in [-0.2, 0) is 20.5 Å². The number of nitrogens with zero attached hydrogens (tertiary/aromatic N) is 1. The minimum absolute atomic E-state index is 0.0178. The fourth-order valence-corrected chi connectivity index (χ4v) is 6.68. The first-order chi connectivity index (χ1) is 16.2. The van der Waals surface area contributed by atoms with E-state index in [0.29, 0.717) is 37.8 Å². The van der Waals surface area contributed by atoms with E-state index in [1.165, 1.54) is 11.3 Å². The van der Waals surface area contributed by atoms with Crippen LogP contribution in [0.1, 0.15) is 45.6 Å². The maximum absolute atomic E-state index is 12.8. The monoisotopic (exact) mass is 470 g/mol. The third-order valence-corrected chi connectivity index (χ3v) is 8.91. The topological polar surface area (TPSA) is 97.3 Å². The molecule has 2 N–H and O–H groups in total. The summed E-state index contributed by atoms with van der Waals surface area (Å²) in [7, 11) is -0.549. The summed E-state index contributed by atoms with van der Waals surface area (Å²) in [6.07, 6.45) is 2.00. The summed E-state index contributed by atoms with van der Waals surface area (Å²) in [6.45, 7) is 7.89. The van der Waals surface area contributed by atoms with Crippen molar-refractivity contribution >= 4 is 19.3 Å². The summed E-state index contributed by atoms with van der Waals surface area (Å²) in [5.41, 5.74) is 0.973. The Balaban J connectivity index is 1.24. The molecule has 6 rings (SSSR count). The van der Waals surface area contributed by atoms with Crippen LogP contribution in [0.3, 0.4) is 0 Å². The van der Waals surface area contributed by atoms with E-state index in [2.05, 4.69) is 26.1 Å². The van der Waals surface area contributed by atoms with Gasteiger partial charge in [-0.15, -0.1) is 0 Å². The fraction of sp³-hybridized carbons (Fsp3) is 0.680. The molecule has 5 aliphatic rings. The molecule has 1 aromatic carbocycles. The minimum Gasteiger partial charge on any atom is -0.465 e. The number of alkyl carbamates (subject to hydrolysis) is 1. The van der Waals surface area contributed by atoms with Crippen molar-refractivity contribution in [2.45, 2.75) is 64.1 Å². The maximum atomic E-state index is 12.8. The van der Waals surface area contributed by atoms with E-state index in [9.17, 15) is 9.59 Å². The molecule has 184 valence electrons. The number of hydrogen-bond acceptors (Lipinski definition) is 5. The van der Waals surface area contributed by atoms with Crippen LogP contribution in [0.2, 0.25) is 0 Å². The number of ether oxygens (including phenoxy) is 1. The summed E-state index contributed by atoms with van der Waals surface area (Å²) in [5.74, 6) is 0.721. The van der Waals surface area contributed by atoms with Crippen molar-refractivity contribution in [3.63, 3.8) is 0 Å². The van der Waals surface area contributed by atoms with Crippen LogP contribution in [0, 0.1) is 23.2 Å². The Morgan fingerprint density at radius 2 is 2.03 bits per heavy atom. The molecule has 2 bridgehead atoms. The average molecular weight is 470 g/mol. The first kappa shape index (κ1) is 23.5. The molecule has 0 spiro atoms. The number of amides is 2. The SMILES string of the molecule is CC1(C)[C@@H]2C[C@H]3OB(C(Cc4ccccc4)NC(=O)OC[C@H]4CCN(C(=O)O)C4)O[C@@]3(C)[C@H]1C2. The van der Waals surface area contributed by atoms with E-state index in [-0.39, 0.29) is 29.6 Å². The van der Waals surface area contributed by atoms with Gasteiger partial charge in [0.05, 0.1) is 24.3 Å². The number of hydrogen-bond donors (Lipinski definition) is 2. The molecule has 1 aromatic rings. The number of rotatable bonds is 6. The van der Waals surface area contributed by atoms with Crippen molar-refractivity contribution in [3.8, 4) is 0 Å². The molecule has 3 aliphatic carbocycles. The maximum Gasteiger partial charge on any atom is 0.482 e. The lowest BCUT2D eigenvalue weighted by Gasteiger charge is -2.64. The van der Waals surface area contributed by atoms with Crippen LogP contribution < -0.4 is 5.32 Å². The number of carbonyl (C=O) groups excluding carboxylic acids is 1. The highest BCUT2D eigenvalue weighted by atomic mass is 16.7. The molecule has 9 heteroatoms. The lowest BCUT2D eigenvalue weighted by Crippen LogP contribution is -2.65. The predicted molar refractivity (Wildman–Crippen MR) is 126 cm³/mol. The fourth-order valence-electron chi connectivity index (χ4n) is 6.68. The Morgan fingerprint density at radius 1 is 1.26 bits per heavy atom. The van der Waals surface area contributed by atoms with Gasteiger partial charge in [-0.1, -0.05) is 44.2 Å². The third kappa shape index (κ3) is 4.17. The summed E-state index contributed by atoms with van der Waals surface area (Å²) in [5, 5.41) is 12.1. The highest BCUT2D eigenvalue weighted by molar-refractivity contribution is 6.47. The molecule has 3 saturated carbocycles. The Hall–Kier alpha value is -2.26. The van der Waals surface area contributed by atoms with Crippen molar-refractivity contribution in [2.24, 2.45) is 23.2 Å². The van der Waals surface area contributed by atoms with Crippen LogP contribution in [0.4, 0.5) is 9.59 Å². The molecule has 8 nitrogen and oxygen atoms in total. The van der Waals surface area contributed by atoms with Gasteiger partial charge in [0, 0.05) is 19.0 Å². The molecule has 0 aromatic heterocycles. The van der Waals surface area contributed by atoms with Gasteiger partial charge in [-0.3, -0.25) is 0 Å². The van der Waals surface area contributed by atoms with E-state index < -0.39 is 25.2 Å². The highest BCUT2D eigenvalue weighted by Crippen LogP contribution is 2.65. The molecule has 2 saturated heterocycles. The highest BCUT2D eigenvalue weighted by Gasteiger charge is 2.68. The standard InChI is InChI=1S/C25H35BN2O6/c1-24(2)18-12-19(24)25(3)20(13-18)33-26(34-25)21(11-16-7-5-4-6-8-16)27-22(29)32-15-17-9-10-28(14-17)23(30)31/h4-8,17-21H,9-15H2,1-3H3,(H,27,29)(H,30,31)/t17-,18-,19-,20+,21?,25-/m0/s1. The zero-order valence-electron chi connectivity index (χ0n) is 20.2. The van der Waals surface area contributed by atoms with E-state index in [4.69, 9.17) is 19.2 Å². The first-order valence-electron chi connectivity index (χ1n) is 12.4.